The molecule has 27 heavy (non-hydrogen) atoms. The van der Waals surface area contributed by atoms with E-state index in [1.165, 1.54) is 12.1 Å². The van der Waals surface area contributed by atoms with Crippen LogP contribution in [0.25, 0.3) is 0 Å². The zero-order valence-electron chi connectivity index (χ0n) is 14.6. The predicted octanol–water partition coefficient (Wildman–Crippen LogP) is 5.21. The van der Waals surface area contributed by atoms with Crippen molar-refractivity contribution >= 4 is 5.97 Å². The van der Waals surface area contributed by atoms with Crippen LogP contribution in [0, 0.1) is 5.82 Å². The number of aliphatic carboxylic acids is 1. The minimum atomic E-state index is -0.909. The molecule has 0 heterocycles. The van der Waals surface area contributed by atoms with Crippen molar-refractivity contribution in [1.82, 2.24) is 0 Å². The third-order valence-corrected chi connectivity index (χ3v) is 3.90. The Hall–Kier alpha value is -3.34. The Kier molecular flexibility index (Phi) is 6.05. The van der Waals surface area contributed by atoms with Gasteiger partial charge >= 0.3 is 5.97 Å². The minimum absolute atomic E-state index is 0.0339. The molecule has 0 unspecified atom stereocenters. The molecule has 0 bridgehead atoms. The van der Waals surface area contributed by atoms with Gasteiger partial charge in [-0.2, -0.15) is 0 Å². The predicted molar refractivity (Wildman–Crippen MR) is 99.6 cm³/mol. The third kappa shape index (κ3) is 5.57. The highest BCUT2D eigenvalue weighted by Gasteiger charge is 2.07. The van der Waals surface area contributed by atoms with Gasteiger partial charge in [0.15, 0.2) is 11.6 Å². The molecule has 0 aromatic heterocycles. The number of carboxylic acid groups (broad SMARTS) is 1. The molecular weight excluding hydrogens is 347 g/mol. The number of carboxylic acids is 1. The van der Waals surface area contributed by atoms with Crippen LogP contribution in [0.3, 0.4) is 0 Å². The van der Waals surface area contributed by atoms with Gasteiger partial charge in [-0.1, -0.05) is 36.4 Å². The lowest BCUT2D eigenvalue weighted by atomic mass is 10.1. The molecule has 0 fully saturated rings. The van der Waals surface area contributed by atoms with Gasteiger partial charge in [0.05, 0.1) is 0 Å². The maximum atomic E-state index is 14.1. The summed E-state index contributed by atoms with van der Waals surface area (Å²) in [5, 5.41) is 8.70. The van der Waals surface area contributed by atoms with E-state index in [0.29, 0.717) is 11.3 Å². The zero-order chi connectivity index (χ0) is 19.1. The van der Waals surface area contributed by atoms with Gasteiger partial charge in [0.25, 0.3) is 0 Å². The van der Waals surface area contributed by atoms with Crippen molar-refractivity contribution in [3.05, 3.63) is 89.7 Å². The van der Waals surface area contributed by atoms with Gasteiger partial charge in [0.2, 0.25) is 0 Å². The highest BCUT2D eigenvalue weighted by molar-refractivity contribution is 5.67. The summed E-state index contributed by atoms with van der Waals surface area (Å²) in [5.41, 5.74) is 1.47. The molecule has 0 radical (unpaired) electrons. The SMILES string of the molecule is O=C(O)CCc1ccc(OCc2cccc(Oc3ccccc3)c2)c(F)c1. The van der Waals surface area contributed by atoms with Crippen molar-refractivity contribution in [3.63, 3.8) is 0 Å². The van der Waals surface area contributed by atoms with Crippen LogP contribution in [0.4, 0.5) is 4.39 Å². The topological polar surface area (TPSA) is 55.8 Å². The molecule has 0 saturated heterocycles. The lowest BCUT2D eigenvalue weighted by Crippen LogP contribution is -2.00. The molecule has 0 amide bonds. The second-order valence-electron chi connectivity index (χ2n) is 6.01. The average Bonchev–Trinajstić information content (AvgIpc) is 2.67. The van der Waals surface area contributed by atoms with Gasteiger partial charge < -0.3 is 14.6 Å². The Bertz CT molecular complexity index is 909. The van der Waals surface area contributed by atoms with Crippen LogP contribution < -0.4 is 9.47 Å². The standard InChI is InChI=1S/C22H19FO4/c23-20-14-16(10-12-22(24)25)9-11-21(20)26-15-17-5-4-8-19(13-17)27-18-6-2-1-3-7-18/h1-9,11,13-14H,10,12,15H2,(H,24,25). The number of hydrogen-bond acceptors (Lipinski definition) is 3. The molecule has 0 aliphatic rings. The second-order valence-corrected chi connectivity index (χ2v) is 6.01. The van der Waals surface area contributed by atoms with E-state index in [1.807, 2.05) is 54.6 Å². The van der Waals surface area contributed by atoms with E-state index in [4.69, 9.17) is 14.6 Å². The van der Waals surface area contributed by atoms with Crippen molar-refractivity contribution in [3.8, 4) is 17.2 Å². The molecule has 0 spiro atoms. The number of para-hydroxylation sites is 1. The molecule has 3 aromatic rings. The number of aryl methyl sites for hydroxylation is 1. The first-order valence-electron chi connectivity index (χ1n) is 8.55. The first-order valence-corrected chi connectivity index (χ1v) is 8.55. The van der Waals surface area contributed by atoms with Crippen LogP contribution in [0.5, 0.6) is 17.2 Å². The number of hydrogen-bond donors (Lipinski definition) is 1. The van der Waals surface area contributed by atoms with Crippen LogP contribution in [0.15, 0.2) is 72.8 Å². The van der Waals surface area contributed by atoms with Crippen molar-refractivity contribution in [2.45, 2.75) is 19.4 Å². The minimum Gasteiger partial charge on any atom is -0.486 e. The van der Waals surface area contributed by atoms with Gasteiger partial charge in [-0.3, -0.25) is 4.79 Å². The van der Waals surface area contributed by atoms with E-state index in [-0.39, 0.29) is 25.2 Å². The van der Waals surface area contributed by atoms with Gasteiger partial charge in [-0.05, 0) is 53.9 Å². The van der Waals surface area contributed by atoms with Gasteiger partial charge in [0.1, 0.15) is 18.1 Å². The Morgan fingerprint density at radius 1 is 0.889 bits per heavy atom. The van der Waals surface area contributed by atoms with Crippen molar-refractivity contribution in [2.75, 3.05) is 0 Å². The van der Waals surface area contributed by atoms with Crippen molar-refractivity contribution < 1.29 is 23.8 Å². The van der Waals surface area contributed by atoms with E-state index in [9.17, 15) is 9.18 Å². The van der Waals surface area contributed by atoms with Gasteiger partial charge in [0, 0.05) is 6.42 Å². The van der Waals surface area contributed by atoms with Gasteiger partial charge in [-0.25, -0.2) is 4.39 Å². The molecule has 0 atom stereocenters. The molecule has 0 aliphatic heterocycles. The summed E-state index contributed by atoms with van der Waals surface area (Å²) >= 11 is 0. The summed E-state index contributed by atoms with van der Waals surface area (Å²) in [6.45, 7) is 0.192. The fourth-order valence-corrected chi connectivity index (χ4v) is 2.55. The molecule has 3 aromatic carbocycles. The number of benzene rings is 3. The van der Waals surface area contributed by atoms with E-state index >= 15 is 0 Å². The fourth-order valence-electron chi connectivity index (χ4n) is 2.55. The largest absolute Gasteiger partial charge is 0.486 e. The molecule has 5 heteroatoms. The summed E-state index contributed by atoms with van der Waals surface area (Å²) in [5.74, 6) is 0.122. The Morgan fingerprint density at radius 3 is 2.41 bits per heavy atom. The number of halogens is 1. The van der Waals surface area contributed by atoms with Crippen LogP contribution in [0.2, 0.25) is 0 Å². The van der Waals surface area contributed by atoms with E-state index in [1.54, 1.807) is 6.07 Å². The van der Waals surface area contributed by atoms with Crippen LogP contribution in [-0.4, -0.2) is 11.1 Å². The highest BCUT2D eigenvalue weighted by atomic mass is 19.1. The Balaban J connectivity index is 1.61. The summed E-state index contributed by atoms with van der Waals surface area (Å²) in [7, 11) is 0. The quantitative estimate of drug-likeness (QED) is 0.594. The monoisotopic (exact) mass is 366 g/mol. The van der Waals surface area contributed by atoms with Crippen LogP contribution in [-0.2, 0) is 17.8 Å². The number of rotatable bonds is 8. The summed E-state index contributed by atoms with van der Waals surface area (Å²) in [6, 6.07) is 21.4. The number of carbonyl (C=O) groups is 1. The average molecular weight is 366 g/mol. The first kappa shape index (κ1) is 18.5. The molecule has 0 saturated carbocycles. The van der Waals surface area contributed by atoms with E-state index in [2.05, 4.69) is 0 Å². The Morgan fingerprint density at radius 2 is 1.67 bits per heavy atom. The van der Waals surface area contributed by atoms with E-state index < -0.39 is 11.8 Å². The first-order chi connectivity index (χ1) is 13.1. The molecule has 0 aliphatic carbocycles. The molecule has 3 rings (SSSR count). The molecular formula is C22H19FO4. The highest BCUT2D eigenvalue weighted by Crippen LogP contribution is 2.24. The summed E-state index contributed by atoms with van der Waals surface area (Å²) in [6.07, 6.45) is 0.249. The number of ether oxygens (including phenoxy) is 2. The maximum Gasteiger partial charge on any atom is 0.303 e. The Labute approximate surface area is 156 Å². The normalized spacial score (nSPS) is 10.4. The lowest BCUT2D eigenvalue weighted by Gasteiger charge is -2.10. The molecule has 1 N–H and O–H groups in total. The van der Waals surface area contributed by atoms with Gasteiger partial charge in [-0.15, -0.1) is 0 Å². The lowest BCUT2D eigenvalue weighted by molar-refractivity contribution is -0.136. The van der Waals surface area contributed by atoms with Crippen LogP contribution >= 0.6 is 0 Å². The van der Waals surface area contributed by atoms with Crippen molar-refractivity contribution in [1.29, 1.82) is 0 Å². The molecule has 138 valence electrons. The van der Waals surface area contributed by atoms with Crippen LogP contribution in [0.1, 0.15) is 17.5 Å². The third-order valence-electron chi connectivity index (χ3n) is 3.90. The summed E-state index contributed by atoms with van der Waals surface area (Å²) < 4.78 is 25.5. The maximum absolute atomic E-state index is 14.1. The van der Waals surface area contributed by atoms with E-state index in [0.717, 1.165) is 11.3 Å². The van der Waals surface area contributed by atoms with Crippen molar-refractivity contribution in [2.24, 2.45) is 0 Å². The fraction of sp³-hybridized carbons (Fsp3) is 0.136. The second kappa shape index (κ2) is 8.85. The zero-order valence-corrected chi connectivity index (χ0v) is 14.6. The summed E-state index contributed by atoms with van der Waals surface area (Å²) in [4.78, 5) is 10.6. The smallest absolute Gasteiger partial charge is 0.303 e. The molecule has 4 nitrogen and oxygen atoms in total.